The van der Waals surface area contributed by atoms with Gasteiger partial charge in [-0.25, -0.2) is 0 Å². The summed E-state index contributed by atoms with van der Waals surface area (Å²) in [6, 6.07) is 2.80. The summed E-state index contributed by atoms with van der Waals surface area (Å²) in [5, 5.41) is 22.4. The van der Waals surface area contributed by atoms with Crippen molar-refractivity contribution in [3.63, 3.8) is 0 Å². The van der Waals surface area contributed by atoms with Crippen molar-refractivity contribution in [2.24, 2.45) is 11.1 Å². The molecule has 4 rings (SSSR count). The van der Waals surface area contributed by atoms with Crippen LogP contribution >= 0.6 is 34.9 Å². The van der Waals surface area contributed by atoms with E-state index in [1.807, 2.05) is 0 Å². The number of hydrogen-bond acceptors (Lipinski definition) is 10. The molecule has 3 unspecified atom stereocenters. The van der Waals surface area contributed by atoms with Crippen molar-refractivity contribution in [2.75, 3.05) is 23.4 Å². The lowest BCUT2D eigenvalue weighted by Gasteiger charge is -2.53. The van der Waals surface area contributed by atoms with Crippen molar-refractivity contribution in [3.05, 3.63) is 34.8 Å². The molecule has 1 aromatic heterocycles. The van der Waals surface area contributed by atoms with Gasteiger partial charge in [-0.3, -0.25) is 19.2 Å². The molecule has 0 aliphatic carbocycles. The lowest BCUT2D eigenvalue weighted by Crippen LogP contribution is -2.74. The van der Waals surface area contributed by atoms with Crippen molar-refractivity contribution >= 4 is 64.2 Å². The highest BCUT2D eigenvalue weighted by Gasteiger charge is 2.57. The van der Waals surface area contributed by atoms with Gasteiger partial charge in [0, 0.05) is 23.7 Å². The van der Waals surface area contributed by atoms with E-state index in [2.05, 4.69) is 15.5 Å². The minimum Gasteiger partial charge on any atom is -0.481 e. The Hall–Kier alpha value is -2.89. The van der Waals surface area contributed by atoms with E-state index in [4.69, 9.17) is 5.73 Å². The molecule has 3 amide bonds. The molecule has 5 N–H and O–H groups in total. The normalized spacial score (nSPS) is 23.7. The van der Waals surface area contributed by atoms with Crippen LogP contribution in [0.5, 0.6) is 0 Å². The van der Waals surface area contributed by atoms with Crippen LogP contribution in [0.3, 0.4) is 0 Å². The smallest absolute Gasteiger partial charge is 0.471 e. The van der Waals surface area contributed by atoms with Gasteiger partial charge >= 0.3 is 18.1 Å². The minimum atomic E-state index is -5.09. The number of carboxylic acid groups (broad SMARTS) is 1. The van der Waals surface area contributed by atoms with Crippen LogP contribution in [0, 0.1) is 12.3 Å². The Morgan fingerprint density at radius 3 is 2.71 bits per heavy atom. The zero-order valence-corrected chi connectivity index (χ0v) is 22.0. The maximum atomic E-state index is 12.8. The fourth-order valence-electron chi connectivity index (χ4n) is 3.85. The second kappa shape index (κ2) is 10.7. The summed E-state index contributed by atoms with van der Waals surface area (Å²) in [5.74, 6) is -4.05. The third-order valence-electron chi connectivity index (χ3n) is 5.92. The number of aryl methyl sites for hydroxylation is 1. The first kappa shape index (κ1) is 28.1. The molecule has 4 atom stereocenters. The minimum absolute atomic E-state index is 0.0387. The molecule has 0 bridgehead atoms. The van der Waals surface area contributed by atoms with E-state index in [-0.39, 0.29) is 29.3 Å². The first-order chi connectivity index (χ1) is 17.8. The Morgan fingerprint density at radius 2 is 2.08 bits per heavy atom. The summed E-state index contributed by atoms with van der Waals surface area (Å²) >= 11 is 3.84. The lowest BCUT2D eigenvalue weighted by molar-refractivity contribution is -0.167. The zero-order valence-electron chi connectivity index (χ0n) is 19.5. The molecule has 2 fully saturated rings. The molecule has 1 aromatic carbocycles. The van der Waals surface area contributed by atoms with Crippen LogP contribution in [0.25, 0.3) is 0 Å². The van der Waals surface area contributed by atoms with E-state index in [1.54, 1.807) is 12.2 Å². The molecule has 2 aliphatic rings. The van der Waals surface area contributed by atoms with Gasteiger partial charge in [-0.05, 0) is 24.6 Å². The SMILES string of the molecule is Cc1nnc(SCC2(C(=O)O)CS[C@@H]3C(NC(=O)C(N)c4cccc(NC(=O)C(F)(F)F)c4)C(=O)N3C2)s1. The number of hydrogen-bond donors (Lipinski definition) is 4. The fraction of sp³-hybridized carbons (Fsp3) is 0.429. The molecule has 38 heavy (non-hydrogen) atoms. The molecule has 0 spiro atoms. The summed E-state index contributed by atoms with van der Waals surface area (Å²) < 4.78 is 38.2. The van der Waals surface area contributed by atoms with Crippen molar-refractivity contribution in [2.45, 2.75) is 34.9 Å². The van der Waals surface area contributed by atoms with Crippen molar-refractivity contribution < 1.29 is 37.5 Å². The van der Waals surface area contributed by atoms with E-state index >= 15 is 0 Å². The van der Waals surface area contributed by atoms with Gasteiger partial charge in [-0.2, -0.15) is 13.2 Å². The molecule has 17 heteroatoms. The molecule has 2 aromatic rings. The Balaban J connectivity index is 1.37. The zero-order chi connectivity index (χ0) is 27.8. The topological polar surface area (TPSA) is 168 Å². The molecule has 204 valence electrons. The van der Waals surface area contributed by atoms with E-state index < -0.39 is 52.7 Å². The van der Waals surface area contributed by atoms with Crippen LogP contribution in [0.1, 0.15) is 16.6 Å². The number of halogens is 3. The largest absolute Gasteiger partial charge is 0.481 e. The number of nitrogens with two attached hydrogens (primary N) is 1. The summed E-state index contributed by atoms with van der Waals surface area (Å²) in [7, 11) is 0. The van der Waals surface area contributed by atoms with Gasteiger partial charge in [0.1, 0.15) is 27.9 Å². The maximum absolute atomic E-state index is 12.8. The maximum Gasteiger partial charge on any atom is 0.471 e. The average Bonchev–Trinajstić information content (AvgIpc) is 3.29. The second-order valence-corrected chi connectivity index (χ2v) is 12.2. The van der Waals surface area contributed by atoms with Gasteiger partial charge in [-0.1, -0.05) is 35.2 Å². The van der Waals surface area contributed by atoms with E-state index in [0.29, 0.717) is 4.34 Å². The molecule has 0 saturated carbocycles. The van der Waals surface area contributed by atoms with Gasteiger partial charge in [0.2, 0.25) is 11.8 Å². The fourth-order valence-corrected chi connectivity index (χ4v) is 7.53. The third-order valence-corrected chi connectivity index (χ3v) is 9.77. The highest BCUT2D eigenvalue weighted by atomic mass is 32.2. The van der Waals surface area contributed by atoms with Gasteiger partial charge in [-0.15, -0.1) is 22.0 Å². The molecule has 2 saturated heterocycles. The van der Waals surface area contributed by atoms with Gasteiger partial charge < -0.3 is 26.4 Å². The van der Waals surface area contributed by atoms with Crippen LogP contribution in [0.2, 0.25) is 0 Å². The number of alkyl halides is 3. The molecule has 11 nitrogen and oxygen atoms in total. The number of aliphatic carboxylic acids is 1. The summed E-state index contributed by atoms with van der Waals surface area (Å²) in [6.07, 6.45) is -5.09. The monoisotopic (exact) mass is 590 g/mol. The Bertz CT molecular complexity index is 1280. The predicted molar refractivity (Wildman–Crippen MR) is 133 cm³/mol. The van der Waals surface area contributed by atoms with Crippen molar-refractivity contribution in [1.29, 1.82) is 0 Å². The van der Waals surface area contributed by atoms with Gasteiger partial charge in [0.25, 0.3) is 0 Å². The van der Waals surface area contributed by atoms with Crippen LogP contribution in [-0.4, -0.2) is 79.5 Å². The lowest BCUT2D eigenvalue weighted by atomic mass is 9.89. The van der Waals surface area contributed by atoms with Crippen LogP contribution in [0.15, 0.2) is 28.6 Å². The summed E-state index contributed by atoms with van der Waals surface area (Å²) in [5.41, 5.74) is 4.68. The number of thioether (sulfide) groups is 2. The number of β-lactam (4-membered cyclic amide) rings is 1. The highest BCUT2D eigenvalue weighted by molar-refractivity contribution is 8.01. The van der Waals surface area contributed by atoms with Gasteiger partial charge in [0.15, 0.2) is 4.34 Å². The standard InChI is InChI=1S/C21H21F3N6O5S3/c1-9-28-29-19(38-9)37-8-20(18(34)35)6-30-15(32)13(16(30)36-7-20)27-14(31)12(25)10-3-2-4-11(5-10)26-17(33)21(22,23)24/h2-5,12-13,16H,6-8,25H2,1H3,(H,26,33)(H,27,31)(H,34,35)/t12?,13?,16-,20?/m1/s1. The predicted octanol–water partition coefficient (Wildman–Crippen LogP) is 1.61. The number of anilines is 1. The number of carbonyl (C=O) groups excluding carboxylic acids is 3. The molecular weight excluding hydrogens is 569 g/mol. The molecular formula is C21H21F3N6O5S3. The average molecular weight is 591 g/mol. The summed E-state index contributed by atoms with van der Waals surface area (Å²) in [4.78, 5) is 50.3. The summed E-state index contributed by atoms with van der Waals surface area (Å²) in [6.45, 7) is 1.75. The number of carbonyl (C=O) groups is 4. The molecule has 0 radical (unpaired) electrons. The number of rotatable bonds is 8. The van der Waals surface area contributed by atoms with Crippen LogP contribution < -0.4 is 16.4 Å². The van der Waals surface area contributed by atoms with E-state index in [1.165, 1.54) is 58.0 Å². The van der Waals surface area contributed by atoms with Crippen molar-refractivity contribution in [3.8, 4) is 0 Å². The number of nitrogens with zero attached hydrogens (tertiary/aromatic N) is 3. The Kier molecular flexibility index (Phi) is 7.92. The number of nitrogens with one attached hydrogen (secondary N) is 2. The van der Waals surface area contributed by atoms with E-state index in [0.717, 1.165) is 11.1 Å². The quantitative estimate of drug-likeness (QED) is 0.262. The number of amides is 3. The number of carboxylic acids is 1. The number of fused-ring (bicyclic) bond motifs is 1. The number of benzene rings is 1. The second-order valence-electron chi connectivity index (χ2n) is 8.67. The first-order valence-electron chi connectivity index (χ1n) is 10.9. The van der Waals surface area contributed by atoms with Crippen LogP contribution in [-0.2, 0) is 19.2 Å². The van der Waals surface area contributed by atoms with Crippen LogP contribution in [0.4, 0.5) is 18.9 Å². The molecule has 2 aliphatic heterocycles. The Morgan fingerprint density at radius 1 is 1.34 bits per heavy atom. The molecule has 3 heterocycles. The Labute approximate surface area is 226 Å². The van der Waals surface area contributed by atoms with E-state index in [9.17, 15) is 37.5 Å². The highest BCUT2D eigenvalue weighted by Crippen LogP contribution is 2.44. The van der Waals surface area contributed by atoms with Gasteiger partial charge in [0.05, 0.1) is 0 Å². The number of aromatic nitrogens is 2. The first-order valence-corrected chi connectivity index (χ1v) is 13.8. The van der Waals surface area contributed by atoms with Crippen molar-refractivity contribution in [1.82, 2.24) is 20.4 Å². The third kappa shape index (κ3) is 5.74.